The first-order valence-electron chi connectivity index (χ1n) is 6.44. The Kier molecular flexibility index (Phi) is 3.47. The highest BCUT2D eigenvalue weighted by Crippen LogP contribution is 2.41. The third-order valence-corrected chi connectivity index (χ3v) is 3.30. The average Bonchev–Trinajstić information content (AvgIpc) is 3.07. The number of aromatic nitrogens is 2. The minimum Gasteiger partial charge on any atom is -0.493 e. The molecule has 2 heterocycles. The van der Waals surface area contributed by atoms with Crippen molar-refractivity contribution in [3.05, 3.63) is 35.2 Å². The molecule has 0 unspecified atom stereocenters. The normalized spacial score (nSPS) is 12.7. The van der Waals surface area contributed by atoms with Crippen molar-refractivity contribution in [3.63, 3.8) is 0 Å². The number of benzene rings is 1. The zero-order chi connectivity index (χ0) is 13.9. The molecule has 6 nitrogen and oxygen atoms in total. The van der Waals surface area contributed by atoms with E-state index in [1.54, 1.807) is 7.11 Å². The second-order valence-electron chi connectivity index (χ2n) is 4.66. The minimum absolute atomic E-state index is 0.247. The van der Waals surface area contributed by atoms with Crippen LogP contribution in [0.25, 0.3) is 0 Å². The maximum absolute atomic E-state index is 5.41. The monoisotopic (exact) mass is 275 g/mol. The Balaban J connectivity index is 1.67. The Hall–Kier alpha value is -2.21. The molecule has 2 N–H and O–H groups in total. The lowest BCUT2D eigenvalue weighted by Crippen LogP contribution is -2.13. The smallest absolute Gasteiger partial charge is 0.231 e. The fraction of sp³-hybridized carbons (Fsp3) is 0.357. The molecule has 0 atom stereocenters. The predicted molar refractivity (Wildman–Crippen MR) is 73.0 cm³/mol. The molecule has 0 amide bonds. The molecule has 3 rings (SSSR count). The van der Waals surface area contributed by atoms with E-state index in [0.717, 1.165) is 35.7 Å². The van der Waals surface area contributed by atoms with Crippen molar-refractivity contribution in [2.45, 2.75) is 20.0 Å². The summed E-state index contributed by atoms with van der Waals surface area (Å²) in [6, 6.07) is 3.93. The van der Waals surface area contributed by atoms with Crippen LogP contribution in [-0.2, 0) is 13.1 Å². The summed E-state index contributed by atoms with van der Waals surface area (Å²) in [6.45, 7) is 3.74. The van der Waals surface area contributed by atoms with Gasteiger partial charge in [-0.2, -0.15) is 5.10 Å². The summed E-state index contributed by atoms with van der Waals surface area (Å²) in [5, 5.41) is 10.3. The van der Waals surface area contributed by atoms with Crippen LogP contribution in [0.4, 0.5) is 0 Å². The van der Waals surface area contributed by atoms with Crippen LogP contribution in [0.3, 0.4) is 0 Å². The zero-order valence-electron chi connectivity index (χ0n) is 11.5. The number of aromatic amines is 1. The molecule has 0 radical (unpaired) electrons. The molecule has 1 aliphatic heterocycles. The predicted octanol–water partition coefficient (Wildman–Crippen LogP) is 1.75. The topological polar surface area (TPSA) is 68.4 Å². The van der Waals surface area contributed by atoms with Crippen LogP contribution >= 0.6 is 0 Å². The third-order valence-electron chi connectivity index (χ3n) is 3.30. The molecule has 0 saturated heterocycles. The van der Waals surface area contributed by atoms with Crippen molar-refractivity contribution in [1.29, 1.82) is 0 Å². The number of nitrogens with zero attached hydrogens (tertiary/aromatic N) is 1. The highest BCUT2D eigenvalue weighted by molar-refractivity contribution is 5.55. The summed E-state index contributed by atoms with van der Waals surface area (Å²) in [4.78, 5) is 0. The van der Waals surface area contributed by atoms with Gasteiger partial charge in [-0.05, 0) is 24.6 Å². The van der Waals surface area contributed by atoms with Gasteiger partial charge in [-0.15, -0.1) is 0 Å². The first kappa shape index (κ1) is 12.8. The molecule has 0 aliphatic carbocycles. The summed E-state index contributed by atoms with van der Waals surface area (Å²) < 4.78 is 16.1. The van der Waals surface area contributed by atoms with Crippen LogP contribution in [-0.4, -0.2) is 24.1 Å². The van der Waals surface area contributed by atoms with E-state index in [2.05, 4.69) is 15.5 Å². The van der Waals surface area contributed by atoms with Gasteiger partial charge in [0, 0.05) is 24.3 Å². The van der Waals surface area contributed by atoms with Gasteiger partial charge in [0.25, 0.3) is 0 Å². The quantitative estimate of drug-likeness (QED) is 0.870. The van der Waals surface area contributed by atoms with Gasteiger partial charge in [0.1, 0.15) is 0 Å². The van der Waals surface area contributed by atoms with Crippen LogP contribution in [0.15, 0.2) is 18.3 Å². The number of fused-ring (bicyclic) bond motifs is 1. The van der Waals surface area contributed by atoms with E-state index in [1.165, 1.54) is 0 Å². The fourth-order valence-electron chi connectivity index (χ4n) is 2.18. The van der Waals surface area contributed by atoms with E-state index in [1.807, 2.05) is 25.3 Å². The average molecular weight is 275 g/mol. The highest BCUT2D eigenvalue weighted by atomic mass is 16.7. The van der Waals surface area contributed by atoms with Crippen LogP contribution < -0.4 is 19.5 Å². The first-order valence-corrected chi connectivity index (χ1v) is 6.44. The molecular formula is C14H17N3O3. The van der Waals surface area contributed by atoms with Gasteiger partial charge in [0.05, 0.1) is 13.3 Å². The molecule has 1 aromatic heterocycles. The van der Waals surface area contributed by atoms with E-state index in [4.69, 9.17) is 14.2 Å². The van der Waals surface area contributed by atoms with Gasteiger partial charge in [-0.25, -0.2) is 0 Å². The van der Waals surface area contributed by atoms with Crippen LogP contribution in [0, 0.1) is 6.92 Å². The van der Waals surface area contributed by atoms with E-state index in [0.29, 0.717) is 11.5 Å². The van der Waals surface area contributed by atoms with Gasteiger partial charge < -0.3 is 19.5 Å². The summed E-state index contributed by atoms with van der Waals surface area (Å²) in [6.07, 6.45) is 1.84. The summed E-state index contributed by atoms with van der Waals surface area (Å²) in [7, 11) is 1.63. The zero-order valence-corrected chi connectivity index (χ0v) is 11.5. The van der Waals surface area contributed by atoms with E-state index in [9.17, 15) is 0 Å². The molecule has 20 heavy (non-hydrogen) atoms. The Labute approximate surface area is 117 Å². The number of aryl methyl sites for hydroxylation is 1. The fourth-order valence-corrected chi connectivity index (χ4v) is 2.18. The molecule has 1 aromatic carbocycles. The molecule has 2 aromatic rings. The third kappa shape index (κ3) is 2.42. The standard InChI is InChI=1S/C14H17N3O3/c1-9-11(7-16-17-9)6-15-5-10-3-12(18-2)14-13(4-10)19-8-20-14/h3-4,7,15H,5-6,8H2,1-2H3,(H,16,17). The van der Waals surface area contributed by atoms with Crippen molar-refractivity contribution in [1.82, 2.24) is 15.5 Å². The lowest BCUT2D eigenvalue weighted by atomic mass is 10.1. The number of rotatable bonds is 5. The lowest BCUT2D eigenvalue weighted by Gasteiger charge is -2.09. The Morgan fingerprint density at radius 3 is 3.00 bits per heavy atom. The van der Waals surface area contributed by atoms with Gasteiger partial charge in [-0.3, -0.25) is 5.10 Å². The molecule has 6 heteroatoms. The van der Waals surface area contributed by atoms with Gasteiger partial charge in [-0.1, -0.05) is 0 Å². The number of methoxy groups -OCH3 is 1. The van der Waals surface area contributed by atoms with Crippen molar-refractivity contribution in [2.75, 3.05) is 13.9 Å². The Morgan fingerprint density at radius 1 is 1.35 bits per heavy atom. The van der Waals surface area contributed by atoms with Crippen molar-refractivity contribution in [2.24, 2.45) is 0 Å². The number of hydrogen-bond donors (Lipinski definition) is 2. The van der Waals surface area contributed by atoms with Gasteiger partial charge in [0.2, 0.25) is 12.5 Å². The second-order valence-corrected chi connectivity index (χ2v) is 4.66. The minimum atomic E-state index is 0.247. The van der Waals surface area contributed by atoms with Crippen LogP contribution in [0.2, 0.25) is 0 Å². The molecular weight excluding hydrogens is 258 g/mol. The lowest BCUT2D eigenvalue weighted by molar-refractivity contribution is 0.171. The molecule has 0 fully saturated rings. The summed E-state index contributed by atoms with van der Waals surface area (Å²) >= 11 is 0. The maximum atomic E-state index is 5.41. The van der Waals surface area contributed by atoms with Gasteiger partial charge in [0.15, 0.2) is 11.5 Å². The van der Waals surface area contributed by atoms with Crippen molar-refractivity contribution in [3.8, 4) is 17.2 Å². The van der Waals surface area contributed by atoms with Crippen LogP contribution in [0.5, 0.6) is 17.2 Å². The largest absolute Gasteiger partial charge is 0.493 e. The number of H-pyrrole nitrogens is 1. The van der Waals surface area contributed by atoms with Crippen molar-refractivity contribution >= 4 is 0 Å². The number of ether oxygens (including phenoxy) is 3. The number of hydrogen-bond acceptors (Lipinski definition) is 5. The summed E-state index contributed by atoms with van der Waals surface area (Å²) in [5.74, 6) is 2.12. The molecule has 1 aliphatic rings. The highest BCUT2D eigenvalue weighted by Gasteiger charge is 2.19. The van der Waals surface area contributed by atoms with E-state index in [-0.39, 0.29) is 6.79 Å². The molecule has 0 saturated carbocycles. The molecule has 0 bridgehead atoms. The number of nitrogens with one attached hydrogen (secondary N) is 2. The van der Waals surface area contributed by atoms with Crippen LogP contribution in [0.1, 0.15) is 16.8 Å². The summed E-state index contributed by atoms with van der Waals surface area (Å²) in [5.41, 5.74) is 3.34. The van der Waals surface area contributed by atoms with Gasteiger partial charge >= 0.3 is 0 Å². The first-order chi connectivity index (χ1) is 9.78. The SMILES string of the molecule is COc1cc(CNCc2cn[nH]c2C)cc2c1OCO2. The maximum Gasteiger partial charge on any atom is 0.231 e. The molecule has 0 spiro atoms. The van der Waals surface area contributed by atoms with E-state index >= 15 is 0 Å². The van der Waals surface area contributed by atoms with E-state index < -0.39 is 0 Å². The Bertz CT molecular complexity index is 610. The Morgan fingerprint density at radius 2 is 2.25 bits per heavy atom. The second kappa shape index (κ2) is 5.42. The van der Waals surface area contributed by atoms with Crippen molar-refractivity contribution < 1.29 is 14.2 Å². The molecule has 106 valence electrons.